The Morgan fingerprint density at radius 1 is 1.20 bits per heavy atom. The topological polar surface area (TPSA) is 74.7 Å². The van der Waals surface area contributed by atoms with Gasteiger partial charge in [-0.05, 0) is 31.1 Å². The number of carboxylic acids is 1. The Morgan fingerprint density at radius 2 is 1.65 bits per heavy atom. The third-order valence-electron chi connectivity index (χ3n) is 5.47. The van der Waals surface area contributed by atoms with Crippen molar-refractivity contribution in [3.63, 3.8) is 0 Å². The summed E-state index contributed by atoms with van der Waals surface area (Å²) in [5, 5.41) is 9.57. The molecule has 2 fully saturated rings. The van der Waals surface area contributed by atoms with Gasteiger partial charge in [0, 0.05) is 0 Å². The quantitative estimate of drug-likeness (QED) is 0.623. The van der Waals surface area contributed by atoms with Crippen molar-refractivity contribution in [1.82, 2.24) is 4.90 Å². The fraction of sp³-hybridized carbons (Fsp3) is 0.667. The molecule has 20 heavy (non-hydrogen) atoms. The molecule has 1 N–H and O–H groups in total. The van der Waals surface area contributed by atoms with Crippen LogP contribution in [0.1, 0.15) is 33.1 Å². The summed E-state index contributed by atoms with van der Waals surface area (Å²) in [6, 6.07) is 0. The zero-order valence-corrected chi connectivity index (χ0v) is 11.7. The van der Waals surface area contributed by atoms with Gasteiger partial charge in [-0.25, -0.2) is 4.79 Å². The van der Waals surface area contributed by atoms with Gasteiger partial charge in [0.25, 0.3) is 0 Å². The Kier molecular flexibility index (Phi) is 2.78. The van der Waals surface area contributed by atoms with Crippen molar-refractivity contribution in [2.24, 2.45) is 23.7 Å². The second-order valence-corrected chi connectivity index (χ2v) is 6.06. The third kappa shape index (κ3) is 1.35. The van der Waals surface area contributed by atoms with E-state index in [9.17, 15) is 19.5 Å². The van der Waals surface area contributed by atoms with Crippen LogP contribution in [-0.2, 0) is 14.4 Å². The number of hydrogen-bond donors (Lipinski definition) is 1. The fourth-order valence-corrected chi connectivity index (χ4v) is 4.29. The maximum atomic E-state index is 12.7. The highest BCUT2D eigenvalue weighted by atomic mass is 16.4. The molecule has 1 saturated carbocycles. The van der Waals surface area contributed by atoms with E-state index in [0.717, 1.165) is 11.3 Å². The predicted octanol–water partition coefficient (Wildman–Crippen LogP) is 1.44. The van der Waals surface area contributed by atoms with Crippen molar-refractivity contribution in [3.8, 4) is 0 Å². The first-order chi connectivity index (χ1) is 9.47. The minimum atomic E-state index is -1.38. The summed E-state index contributed by atoms with van der Waals surface area (Å²) < 4.78 is 0. The second kappa shape index (κ2) is 4.17. The molecule has 2 bridgehead atoms. The van der Waals surface area contributed by atoms with E-state index in [4.69, 9.17) is 0 Å². The molecular weight excluding hydrogens is 258 g/mol. The molecule has 3 rings (SSSR count). The Labute approximate surface area is 117 Å². The molecule has 1 saturated heterocycles. The maximum Gasteiger partial charge on any atom is 0.330 e. The van der Waals surface area contributed by atoms with E-state index in [1.807, 2.05) is 12.2 Å². The minimum absolute atomic E-state index is 0.117. The van der Waals surface area contributed by atoms with Crippen LogP contribution in [0.2, 0.25) is 0 Å². The van der Waals surface area contributed by atoms with Crippen molar-refractivity contribution in [2.75, 3.05) is 0 Å². The van der Waals surface area contributed by atoms with E-state index < -0.39 is 11.5 Å². The van der Waals surface area contributed by atoms with E-state index in [-0.39, 0.29) is 48.3 Å². The van der Waals surface area contributed by atoms with Crippen molar-refractivity contribution in [2.45, 2.75) is 38.6 Å². The molecule has 4 atom stereocenters. The largest absolute Gasteiger partial charge is 0.479 e. The smallest absolute Gasteiger partial charge is 0.330 e. The minimum Gasteiger partial charge on any atom is -0.479 e. The van der Waals surface area contributed by atoms with E-state index in [0.29, 0.717) is 0 Å². The summed E-state index contributed by atoms with van der Waals surface area (Å²) in [7, 11) is 0. The lowest BCUT2D eigenvalue weighted by Crippen LogP contribution is -2.57. The molecule has 0 aromatic heterocycles. The van der Waals surface area contributed by atoms with Crippen molar-refractivity contribution in [1.29, 1.82) is 0 Å². The molecule has 5 heteroatoms. The molecule has 2 aliphatic carbocycles. The Morgan fingerprint density at radius 3 is 2.00 bits per heavy atom. The lowest BCUT2D eigenvalue weighted by Gasteiger charge is -2.36. The number of imide groups is 1. The summed E-state index contributed by atoms with van der Waals surface area (Å²) >= 11 is 0. The number of carbonyl (C=O) groups excluding carboxylic acids is 2. The normalized spacial score (nSPS) is 35.0. The maximum absolute atomic E-state index is 12.7. The number of likely N-dealkylation sites (tertiary alicyclic amines) is 1. The van der Waals surface area contributed by atoms with Gasteiger partial charge in [0.05, 0.1) is 11.8 Å². The summed E-state index contributed by atoms with van der Waals surface area (Å²) in [6.45, 7) is 3.44. The van der Waals surface area contributed by atoms with Gasteiger partial charge in [0.15, 0.2) is 0 Å². The summed E-state index contributed by atoms with van der Waals surface area (Å²) in [5.74, 6) is -2.04. The number of carbonyl (C=O) groups is 3. The average Bonchev–Trinajstić information content (AvgIpc) is 3.08. The number of nitrogens with zero attached hydrogens (tertiary/aromatic N) is 1. The van der Waals surface area contributed by atoms with E-state index in [1.165, 1.54) is 0 Å². The highest BCUT2D eigenvalue weighted by Crippen LogP contribution is 2.54. The summed E-state index contributed by atoms with van der Waals surface area (Å²) in [4.78, 5) is 38.1. The molecule has 1 aliphatic heterocycles. The highest BCUT2D eigenvalue weighted by Gasteiger charge is 2.64. The standard InChI is InChI=1S/C15H19NO4/c1-3-15(4-2,14(19)20)16-12(17)10-8-5-6-9(7-8)11(10)13(16)18/h5-6,8-11H,3-4,7H2,1-2H3,(H,19,20). The molecule has 2 amide bonds. The van der Waals surface area contributed by atoms with Gasteiger partial charge in [-0.15, -0.1) is 0 Å². The summed E-state index contributed by atoms with van der Waals surface area (Å²) in [6.07, 6.45) is 5.39. The average molecular weight is 277 g/mol. The van der Waals surface area contributed by atoms with Crippen molar-refractivity contribution < 1.29 is 19.5 Å². The Hall–Kier alpha value is -1.65. The third-order valence-corrected chi connectivity index (χ3v) is 5.47. The molecule has 4 unspecified atom stereocenters. The van der Waals surface area contributed by atoms with Crippen LogP contribution in [0.4, 0.5) is 0 Å². The van der Waals surface area contributed by atoms with Gasteiger partial charge >= 0.3 is 5.97 Å². The molecule has 0 aromatic carbocycles. The Balaban J connectivity index is 2.03. The zero-order chi connectivity index (χ0) is 14.7. The lowest BCUT2D eigenvalue weighted by molar-refractivity contribution is -0.165. The molecule has 5 nitrogen and oxygen atoms in total. The molecule has 108 valence electrons. The van der Waals surface area contributed by atoms with Crippen LogP contribution in [0.15, 0.2) is 12.2 Å². The monoisotopic (exact) mass is 277 g/mol. The molecular formula is C15H19NO4. The van der Waals surface area contributed by atoms with Crippen LogP contribution in [0.3, 0.4) is 0 Å². The number of amides is 2. The lowest BCUT2D eigenvalue weighted by atomic mass is 9.85. The van der Waals surface area contributed by atoms with Crippen LogP contribution in [0.25, 0.3) is 0 Å². The fourth-order valence-electron chi connectivity index (χ4n) is 4.29. The van der Waals surface area contributed by atoms with E-state index in [1.54, 1.807) is 13.8 Å². The molecule has 1 heterocycles. The van der Waals surface area contributed by atoms with Crippen molar-refractivity contribution in [3.05, 3.63) is 12.2 Å². The second-order valence-electron chi connectivity index (χ2n) is 6.06. The SMILES string of the molecule is CCC(CC)(C(=O)O)N1C(=O)C2C3C=CC(C3)C2C1=O. The molecule has 0 radical (unpaired) electrons. The number of hydrogen-bond acceptors (Lipinski definition) is 3. The number of aliphatic carboxylic acids is 1. The van der Waals surface area contributed by atoms with Crippen LogP contribution < -0.4 is 0 Å². The van der Waals surface area contributed by atoms with Crippen molar-refractivity contribution >= 4 is 17.8 Å². The highest BCUT2D eigenvalue weighted by molar-refractivity contribution is 6.09. The number of fused-ring (bicyclic) bond motifs is 5. The number of carboxylic acid groups (broad SMARTS) is 1. The van der Waals surface area contributed by atoms with Gasteiger partial charge in [-0.2, -0.15) is 0 Å². The molecule has 3 aliphatic rings. The van der Waals surface area contributed by atoms with Gasteiger partial charge in [0.2, 0.25) is 11.8 Å². The van der Waals surface area contributed by atoms with Gasteiger partial charge in [-0.3, -0.25) is 14.5 Å². The van der Waals surface area contributed by atoms with Gasteiger partial charge in [-0.1, -0.05) is 26.0 Å². The Bertz CT molecular complexity index is 490. The first-order valence-corrected chi connectivity index (χ1v) is 7.27. The van der Waals surface area contributed by atoms with E-state index in [2.05, 4.69) is 0 Å². The van der Waals surface area contributed by atoms with Crippen LogP contribution in [-0.4, -0.2) is 33.3 Å². The first kappa shape index (κ1) is 13.3. The van der Waals surface area contributed by atoms with E-state index >= 15 is 0 Å². The first-order valence-electron chi connectivity index (χ1n) is 7.27. The summed E-state index contributed by atoms with van der Waals surface area (Å²) in [5.41, 5.74) is -1.38. The molecule has 0 aromatic rings. The number of rotatable bonds is 4. The van der Waals surface area contributed by atoms with Gasteiger partial charge < -0.3 is 5.11 Å². The van der Waals surface area contributed by atoms with Crippen LogP contribution in [0.5, 0.6) is 0 Å². The number of allylic oxidation sites excluding steroid dienone is 2. The molecule has 0 spiro atoms. The van der Waals surface area contributed by atoms with Gasteiger partial charge in [0.1, 0.15) is 5.54 Å². The predicted molar refractivity (Wildman–Crippen MR) is 70.5 cm³/mol. The van der Waals surface area contributed by atoms with Crippen LogP contribution in [0, 0.1) is 23.7 Å². The van der Waals surface area contributed by atoms with Crippen LogP contribution >= 0.6 is 0 Å². The zero-order valence-electron chi connectivity index (χ0n) is 11.7.